The fraction of sp³-hybridized carbons (Fsp3) is 0.455. The van der Waals surface area contributed by atoms with E-state index < -0.39 is 0 Å². The van der Waals surface area contributed by atoms with E-state index in [9.17, 15) is 0 Å². The van der Waals surface area contributed by atoms with Gasteiger partial charge in [0.2, 0.25) is 5.95 Å². The summed E-state index contributed by atoms with van der Waals surface area (Å²) < 4.78 is 1.79. The molecule has 1 aliphatic carbocycles. The third-order valence-corrected chi connectivity index (χ3v) is 3.06. The summed E-state index contributed by atoms with van der Waals surface area (Å²) in [5, 5.41) is 4.14. The lowest BCUT2D eigenvalue weighted by atomic mass is 10.1. The summed E-state index contributed by atoms with van der Waals surface area (Å²) in [7, 11) is 0. The second kappa shape index (κ2) is 3.22. The first-order chi connectivity index (χ1) is 7.33. The van der Waals surface area contributed by atoms with E-state index in [1.165, 1.54) is 36.8 Å². The van der Waals surface area contributed by atoms with E-state index in [4.69, 9.17) is 5.73 Å². The van der Waals surface area contributed by atoms with Crippen LogP contribution in [0, 0.1) is 0 Å². The van der Waals surface area contributed by atoms with Gasteiger partial charge in [0.05, 0.1) is 0 Å². The van der Waals surface area contributed by atoms with Crippen LogP contribution in [0.2, 0.25) is 0 Å². The van der Waals surface area contributed by atoms with E-state index in [-0.39, 0.29) is 0 Å². The van der Waals surface area contributed by atoms with Crippen molar-refractivity contribution >= 4 is 11.6 Å². The van der Waals surface area contributed by atoms with Crippen molar-refractivity contribution in [3.63, 3.8) is 0 Å². The van der Waals surface area contributed by atoms with Crippen LogP contribution in [-0.4, -0.2) is 14.6 Å². The molecule has 0 fully saturated rings. The van der Waals surface area contributed by atoms with Gasteiger partial charge in [-0.2, -0.15) is 4.98 Å². The SMILES string of the molecule is Nc1nc2cc3c(cn2n1)CCCCC3. The Kier molecular flexibility index (Phi) is 1.87. The number of pyridine rings is 1. The zero-order valence-electron chi connectivity index (χ0n) is 8.61. The summed E-state index contributed by atoms with van der Waals surface area (Å²) in [6.45, 7) is 0. The van der Waals surface area contributed by atoms with E-state index in [0.29, 0.717) is 5.95 Å². The van der Waals surface area contributed by atoms with Gasteiger partial charge in [0, 0.05) is 6.20 Å². The molecule has 0 unspecified atom stereocenters. The zero-order chi connectivity index (χ0) is 10.3. The molecular weight excluding hydrogens is 188 g/mol. The molecule has 15 heavy (non-hydrogen) atoms. The molecule has 0 saturated heterocycles. The van der Waals surface area contributed by atoms with Crippen LogP contribution in [0.15, 0.2) is 12.3 Å². The Morgan fingerprint density at radius 3 is 2.80 bits per heavy atom. The Morgan fingerprint density at radius 2 is 1.93 bits per heavy atom. The van der Waals surface area contributed by atoms with E-state index in [0.717, 1.165) is 12.1 Å². The molecule has 0 bridgehead atoms. The number of aryl methyl sites for hydroxylation is 2. The number of rotatable bonds is 0. The number of hydrogen-bond acceptors (Lipinski definition) is 3. The van der Waals surface area contributed by atoms with Gasteiger partial charge in [-0.15, -0.1) is 5.10 Å². The first kappa shape index (κ1) is 8.71. The highest BCUT2D eigenvalue weighted by Crippen LogP contribution is 2.21. The van der Waals surface area contributed by atoms with Crippen LogP contribution in [-0.2, 0) is 12.8 Å². The van der Waals surface area contributed by atoms with E-state index in [2.05, 4.69) is 22.3 Å². The molecule has 0 aromatic carbocycles. The quantitative estimate of drug-likeness (QED) is 0.660. The summed E-state index contributed by atoms with van der Waals surface area (Å²) in [6.07, 6.45) is 8.30. The number of anilines is 1. The fourth-order valence-electron chi connectivity index (χ4n) is 2.29. The molecule has 0 radical (unpaired) electrons. The first-order valence-electron chi connectivity index (χ1n) is 5.46. The third-order valence-electron chi connectivity index (χ3n) is 3.06. The molecule has 0 aliphatic heterocycles. The minimum atomic E-state index is 0.357. The topological polar surface area (TPSA) is 56.2 Å². The maximum atomic E-state index is 5.58. The average Bonchev–Trinajstić information content (AvgIpc) is 2.44. The van der Waals surface area contributed by atoms with Crippen LogP contribution >= 0.6 is 0 Å². The van der Waals surface area contributed by atoms with Gasteiger partial charge in [0.1, 0.15) is 0 Å². The Hall–Kier alpha value is -1.58. The lowest BCUT2D eigenvalue weighted by molar-refractivity contribution is 0.711. The standard InChI is InChI=1S/C11H14N4/c12-11-13-10-6-8-4-2-1-3-5-9(8)7-15(10)14-11/h6-7H,1-5H2,(H2,12,14). The summed E-state index contributed by atoms with van der Waals surface area (Å²) in [5.74, 6) is 0.357. The van der Waals surface area contributed by atoms with Crippen LogP contribution in [0.4, 0.5) is 5.95 Å². The van der Waals surface area contributed by atoms with Gasteiger partial charge in [0.15, 0.2) is 5.65 Å². The summed E-state index contributed by atoms with van der Waals surface area (Å²) >= 11 is 0. The number of aromatic nitrogens is 3. The van der Waals surface area contributed by atoms with Crippen LogP contribution in [0.1, 0.15) is 30.4 Å². The first-order valence-corrected chi connectivity index (χ1v) is 5.46. The van der Waals surface area contributed by atoms with Crippen LogP contribution in [0.5, 0.6) is 0 Å². The van der Waals surface area contributed by atoms with Crippen LogP contribution in [0.25, 0.3) is 5.65 Å². The second-order valence-electron chi connectivity index (χ2n) is 4.16. The number of nitrogens with two attached hydrogens (primary N) is 1. The summed E-state index contributed by atoms with van der Waals surface area (Å²) in [5.41, 5.74) is 9.28. The molecule has 4 nitrogen and oxygen atoms in total. The average molecular weight is 202 g/mol. The predicted molar refractivity (Wildman–Crippen MR) is 58.7 cm³/mol. The van der Waals surface area contributed by atoms with Crippen LogP contribution < -0.4 is 5.73 Å². The van der Waals surface area contributed by atoms with Crippen molar-refractivity contribution < 1.29 is 0 Å². The van der Waals surface area contributed by atoms with Gasteiger partial charge in [-0.25, -0.2) is 4.52 Å². The molecule has 2 N–H and O–H groups in total. The molecule has 2 aromatic rings. The van der Waals surface area contributed by atoms with Gasteiger partial charge >= 0.3 is 0 Å². The lowest BCUT2D eigenvalue weighted by Crippen LogP contribution is -1.97. The highest BCUT2D eigenvalue weighted by molar-refractivity contribution is 5.47. The van der Waals surface area contributed by atoms with Crippen molar-refractivity contribution in [1.29, 1.82) is 0 Å². The maximum absolute atomic E-state index is 5.58. The zero-order valence-corrected chi connectivity index (χ0v) is 8.61. The molecule has 78 valence electrons. The predicted octanol–water partition coefficient (Wildman–Crippen LogP) is 1.58. The number of nitrogens with zero attached hydrogens (tertiary/aromatic N) is 3. The third kappa shape index (κ3) is 1.46. The van der Waals surface area contributed by atoms with Gasteiger partial charge in [-0.05, 0) is 42.9 Å². The Morgan fingerprint density at radius 1 is 1.13 bits per heavy atom. The van der Waals surface area contributed by atoms with Gasteiger partial charge < -0.3 is 5.73 Å². The minimum Gasteiger partial charge on any atom is -0.366 e. The molecule has 2 aromatic heterocycles. The second-order valence-corrected chi connectivity index (χ2v) is 4.16. The van der Waals surface area contributed by atoms with E-state index in [1.54, 1.807) is 4.52 Å². The largest absolute Gasteiger partial charge is 0.366 e. The van der Waals surface area contributed by atoms with Crippen molar-refractivity contribution in [2.75, 3.05) is 5.73 Å². The molecule has 0 saturated carbocycles. The molecule has 2 heterocycles. The van der Waals surface area contributed by atoms with Crippen molar-refractivity contribution in [1.82, 2.24) is 14.6 Å². The van der Waals surface area contributed by atoms with Crippen LogP contribution in [0.3, 0.4) is 0 Å². The molecule has 0 amide bonds. The molecule has 0 spiro atoms. The normalized spacial score (nSPS) is 16.3. The lowest BCUT2D eigenvalue weighted by Gasteiger charge is -2.04. The van der Waals surface area contributed by atoms with E-state index in [1.807, 2.05) is 0 Å². The minimum absolute atomic E-state index is 0.357. The Labute approximate surface area is 88.1 Å². The molecule has 3 rings (SSSR count). The van der Waals surface area contributed by atoms with Gasteiger partial charge in [-0.1, -0.05) is 6.42 Å². The fourth-order valence-corrected chi connectivity index (χ4v) is 2.29. The Balaban J connectivity index is 2.19. The number of nitrogen functional groups attached to an aromatic ring is 1. The summed E-state index contributed by atoms with van der Waals surface area (Å²) in [6, 6.07) is 2.13. The highest BCUT2D eigenvalue weighted by Gasteiger charge is 2.10. The monoisotopic (exact) mass is 202 g/mol. The number of fused-ring (bicyclic) bond motifs is 2. The van der Waals surface area contributed by atoms with Gasteiger partial charge in [-0.3, -0.25) is 0 Å². The molecule has 1 aliphatic rings. The van der Waals surface area contributed by atoms with E-state index >= 15 is 0 Å². The Bertz CT molecular complexity index is 458. The smallest absolute Gasteiger partial charge is 0.240 e. The highest BCUT2D eigenvalue weighted by atomic mass is 15.3. The molecular formula is C11H14N4. The molecule has 0 atom stereocenters. The molecule has 4 heteroatoms. The maximum Gasteiger partial charge on any atom is 0.240 e. The van der Waals surface area contributed by atoms with Crippen molar-refractivity contribution in [2.24, 2.45) is 0 Å². The van der Waals surface area contributed by atoms with Crippen molar-refractivity contribution in [3.05, 3.63) is 23.4 Å². The van der Waals surface area contributed by atoms with Crippen molar-refractivity contribution in [2.45, 2.75) is 32.1 Å². The summed E-state index contributed by atoms with van der Waals surface area (Å²) in [4.78, 5) is 4.18. The number of hydrogen-bond donors (Lipinski definition) is 1. The van der Waals surface area contributed by atoms with Gasteiger partial charge in [0.25, 0.3) is 0 Å². The van der Waals surface area contributed by atoms with Crippen molar-refractivity contribution in [3.8, 4) is 0 Å².